The monoisotopic (exact) mass is 273 g/mol. The van der Waals surface area contributed by atoms with Crippen molar-refractivity contribution in [3.05, 3.63) is 48.6 Å². The van der Waals surface area contributed by atoms with Gasteiger partial charge in [-0.25, -0.2) is 0 Å². The van der Waals surface area contributed by atoms with E-state index in [4.69, 9.17) is 5.11 Å². The van der Waals surface area contributed by atoms with Crippen molar-refractivity contribution in [3.8, 4) is 0 Å². The molecule has 4 heteroatoms. The Hall–Kier alpha value is -2.10. The zero-order chi connectivity index (χ0) is 14.5. The number of amides is 1. The Morgan fingerprint density at radius 3 is 2.65 bits per heavy atom. The van der Waals surface area contributed by atoms with Gasteiger partial charge in [-0.05, 0) is 12.0 Å². The summed E-state index contributed by atoms with van der Waals surface area (Å²) in [7, 11) is 0. The zero-order valence-electron chi connectivity index (χ0n) is 11.4. The summed E-state index contributed by atoms with van der Waals surface area (Å²) >= 11 is 0. The molecule has 1 amide bonds. The van der Waals surface area contributed by atoms with Crippen LogP contribution < -0.4 is 0 Å². The van der Waals surface area contributed by atoms with E-state index in [-0.39, 0.29) is 11.8 Å². The van der Waals surface area contributed by atoms with Crippen LogP contribution in [-0.2, 0) is 9.59 Å². The van der Waals surface area contributed by atoms with Crippen LogP contribution in [0.2, 0.25) is 0 Å². The molecule has 0 radical (unpaired) electrons. The molecule has 4 nitrogen and oxygen atoms in total. The van der Waals surface area contributed by atoms with E-state index >= 15 is 0 Å². The molecule has 1 N–H and O–H groups in total. The minimum Gasteiger partial charge on any atom is -0.481 e. The van der Waals surface area contributed by atoms with Gasteiger partial charge in [0, 0.05) is 25.4 Å². The van der Waals surface area contributed by atoms with Crippen LogP contribution in [0.5, 0.6) is 0 Å². The summed E-state index contributed by atoms with van der Waals surface area (Å²) < 4.78 is 0. The van der Waals surface area contributed by atoms with Crippen LogP contribution in [-0.4, -0.2) is 35.0 Å². The highest BCUT2D eigenvalue weighted by Crippen LogP contribution is 2.24. The van der Waals surface area contributed by atoms with Crippen molar-refractivity contribution >= 4 is 11.9 Å². The van der Waals surface area contributed by atoms with Gasteiger partial charge in [0.1, 0.15) is 0 Å². The number of nitrogens with zero attached hydrogens (tertiary/aromatic N) is 1. The van der Waals surface area contributed by atoms with Gasteiger partial charge >= 0.3 is 5.97 Å². The first kappa shape index (κ1) is 14.3. The van der Waals surface area contributed by atoms with Crippen molar-refractivity contribution in [1.82, 2.24) is 4.90 Å². The molecule has 1 aromatic carbocycles. The normalized spacial score (nSPS) is 19.6. The van der Waals surface area contributed by atoms with E-state index < -0.39 is 11.9 Å². The lowest BCUT2D eigenvalue weighted by Crippen LogP contribution is -2.30. The van der Waals surface area contributed by atoms with E-state index in [9.17, 15) is 9.59 Å². The molecule has 0 aliphatic carbocycles. The number of allylic oxidation sites excluding steroid dienone is 1. The summed E-state index contributed by atoms with van der Waals surface area (Å²) in [6.45, 7) is 4.66. The van der Waals surface area contributed by atoms with E-state index in [0.717, 1.165) is 5.56 Å². The van der Waals surface area contributed by atoms with Crippen molar-refractivity contribution in [1.29, 1.82) is 0 Å². The van der Waals surface area contributed by atoms with Gasteiger partial charge in [0.15, 0.2) is 0 Å². The quantitative estimate of drug-likeness (QED) is 0.837. The van der Waals surface area contributed by atoms with Crippen molar-refractivity contribution < 1.29 is 14.7 Å². The van der Waals surface area contributed by atoms with Gasteiger partial charge in [-0.2, -0.15) is 0 Å². The van der Waals surface area contributed by atoms with Gasteiger partial charge in [-0.15, -0.1) is 6.58 Å². The van der Waals surface area contributed by atoms with Crippen molar-refractivity contribution in [3.63, 3.8) is 0 Å². The highest BCUT2D eigenvalue weighted by molar-refractivity contribution is 5.79. The zero-order valence-corrected chi connectivity index (χ0v) is 11.4. The molecule has 0 saturated carbocycles. The van der Waals surface area contributed by atoms with Gasteiger partial charge in [0.2, 0.25) is 5.91 Å². The van der Waals surface area contributed by atoms with Crippen LogP contribution in [0.4, 0.5) is 0 Å². The molecule has 1 fully saturated rings. The average Bonchev–Trinajstić information content (AvgIpc) is 2.95. The van der Waals surface area contributed by atoms with Crippen molar-refractivity contribution in [2.24, 2.45) is 5.92 Å². The summed E-state index contributed by atoms with van der Waals surface area (Å²) in [6, 6.07) is 9.76. The maximum atomic E-state index is 12.2. The smallest absolute Gasteiger partial charge is 0.308 e. The third-order valence-electron chi connectivity index (χ3n) is 3.80. The number of benzene rings is 1. The van der Waals surface area contributed by atoms with Gasteiger partial charge in [-0.1, -0.05) is 36.4 Å². The molecule has 106 valence electrons. The van der Waals surface area contributed by atoms with Gasteiger partial charge < -0.3 is 10.0 Å². The Labute approximate surface area is 118 Å². The van der Waals surface area contributed by atoms with E-state index in [1.165, 1.54) is 0 Å². The summed E-state index contributed by atoms with van der Waals surface area (Å²) in [5, 5.41) is 8.96. The first-order valence-electron chi connectivity index (χ1n) is 6.80. The molecule has 0 spiro atoms. The molecule has 1 heterocycles. The van der Waals surface area contributed by atoms with Crippen LogP contribution >= 0.6 is 0 Å². The molecule has 2 rings (SSSR count). The number of carbonyl (C=O) groups is 2. The maximum Gasteiger partial charge on any atom is 0.308 e. The first-order valence-corrected chi connectivity index (χ1v) is 6.80. The maximum absolute atomic E-state index is 12.2. The lowest BCUT2D eigenvalue weighted by molar-refractivity contribution is -0.141. The topological polar surface area (TPSA) is 57.6 Å². The highest BCUT2D eigenvalue weighted by atomic mass is 16.4. The molecule has 1 aliphatic rings. The lowest BCUT2D eigenvalue weighted by Gasteiger charge is -2.19. The number of carboxylic acids is 1. The molecule has 1 saturated heterocycles. The predicted octanol–water partition coefficient (Wildman–Crippen LogP) is 2.28. The summed E-state index contributed by atoms with van der Waals surface area (Å²) in [5.74, 6) is -1.25. The Kier molecular flexibility index (Phi) is 4.56. The van der Waals surface area contributed by atoms with E-state index in [1.54, 1.807) is 11.0 Å². The fourth-order valence-electron chi connectivity index (χ4n) is 2.54. The van der Waals surface area contributed by atoms with E-state index in [1.807, 2.05) is 30.3 Å². The van der Waals surface area contributed by atoms with Crippen LogP contribution in [0.1, 0.15) is 24.3 Å². The minimum absolute atomic E-state index is 0.00232. The van der Waals surface area contributed by atoms with E-state index in [0.29, 0.717) is 25.9 Å². The molecule has 1 aliphatic heterocycles. The van der Waals surface area contributed by atoms with E-state index in [2.05, 4.69) is 6.58 Å². The number of carbonyl (C=O) groups excluding carboxylic acids is 1. The Morgan fingerprint density at radius 1 is 1.40 bits per heavy atom. The summed E-state index contributed by atoms with van der Waals surface area (Å²) in [5.41, 5.74) is 1.06. The second-order valence-electron chi connectivity index (χ2n) is 5.12. The SMILES string of the molecule is C=CC(CC(=O)N1CCC(C(=O)O)C1)c1ccccc1. The predicted molar refractivity (Wildman–Crippen MR) is 76.3 cm³/mol. The molecule has 0 bridgehead atoms. The number of hydrogen-bond acceptors (Lipinski definition) is 2. The third kappa shape index (κ3) is 3.26. The standard InChI is InChI=1S/C16H19NO3/c1-2-12(13-6-4-3-5-7-13)10-15(18)17-9-8-14(11-17)16(19)20/h2-7,12,14H,1,8-11H2,(H,19,20). The molecule has 0 aromatic heterocycles. The Bertz CT molecular complexity index is 498. The van der Waals surface area contributed by atoms with Crippen molar-refractivity contribution in [2.45, 2.75) is 18.8 Å². The molecule has 2 atom stereocenters. The third-order valence-corrected chi connectivity index (χ3v) is 3.80. The second-order valence-corrected chi connectivity index (χ2v) is 5.12. The van der Waals surface area contributed by atoms with Crippen LogP contribution in [0, 0.1) is 5.92 Å². The molecule has 1 aromatic rings. The Balaban J connectivity index is 1.97. The minimum atomic E-state index is -0.816. The summed E-state index contributed by atoms with van der Waals surface area (Å²) in [4.78, 5) is 24.8. The molecule has 20 heavy (non-hydrogen) atoms. The van der Waals surface area contributed by atoms with Crippen molar-refractivity contribution in [2.75, 3.05) is 13.1 Å². The number of hydrogen-bond donors (Lipinski definition) is 1. The van der Waals surface area contributed by atoms with Crippen LogP contribution in [0.25, 0.3) is 0 Å². The number of carboxylic acid groups (broad SMARTS) is 1. The lowest BCUT2D eigenvalue weighted by atomic mass is 9.95. The van der Waals surface area contributed by atoms with Crippen LogP contribution in [0.3, 0.4) is 0 Å². The largest absolute Gasteiger partial charge is 0.481 e. The van der Waals surface area contributed by atoms with Crippen LogP contribution in [0.15, 0.2) is 43.0 Å². The van der Waals surface area contributed by atoms with Gasteiger partial charge in [0.25, 0.3) is 0 Å². The Morgan fingerprint density at radius 2 is 2.10 bits per heavy atom. The fraction of sp³-hybridized carbons (Fsp3) is 0.375. The molecule has 2 unspecified atom stereocenters. The van der Waals surface area contributed by atoms with Gasteiger partial charge in [-0.3, -0.25) is 9.59 Å². The summed E-state index contributed by atoms with van der Waals surface area (Å²) in [6.07, 6.45) is 2.67. The average molecular weight is 273 g/mol. The second kappa shape index (κ2) is 6.37. The highest BCUT2D eigenvalue weighted by Gasteiger charge is 2.31. The molecular weight excluding hydrogens is 254 g/mol. The fourth-order valence-corrected chi connectivity index (χ4v) is 2.54. The first-order chi connectivity index (χ1) is 9.61. The van der Waals surface area contributed by atoms with Gasteiger partial charge in [0.05, 0.1) is 5.92 Å². The number of aliphatic carboxylic acids is 1. The number of rotatable bonds is 5. The number of likely N-dealkylation sites (tertiary alicyclic amines) is 1. The molecular formula is C16H19NO3.